The van der Waals surface area contributed by atoms with Crippen LogP contribution in [-0.2, 0) is 10.3 Å². The average molecular weight is 267 g/mol. The van der Waals surface area contributed by atoms with E-state index in [2.05, 4.69) is 14.9 Å². The summed E-state index contributed by atoms with van der Waals surface area (Å²) in [6, 6.07) is 0. The van der Waals surface area contributed by atoms with E-state index in [1.165, 1.54) is 0 Å². The first-order chi connectivity index (χ1) is 6.86. The zero-order valence-corrected chi connectivity index (χ0v) is 8.06. The summed E-state index contributed by atoms with van der Waals surface area (Å²) in [5, 5.41) is 0. The Labute approximate surface area is 86.8 Å². The van der Waals surface area contributed by atoms with Gasteiger partial charge in [0.05, 0.1) is 0 Å². The van der Waals surface area contributed by atoms with Crippen molar-refractivity contribution in [3.05, 3.63) is 29.1 Å². The van der Waals surface area contributed by atoms with Gasteiger partial charge < -0.3 is 4.18 Å². The lowest BCUT2D eigenvalue weighted by Gasteiger charge is -2.05. The third-order valence-corrected chi connectivity index (χ3v) is 1.81. The van der Waals surface area contributed by atoms with Crippen molar-refractivity contribution < 1.29 is 30.3 Å². The van der Waals surface area contributed by atoms with E-state index in [1.807, 2.05) is 0 Å². The Bertz CT molecular complexity index is 409. The van der Waals surface area contributed by atoms with Gasteiger partial charge in [0.15, 0.2) is 0 Å². The van der Waals surface area contributed by atoms with Crippen molar-refractivity contribution in [2.75, 3.05) is 0 Å². The van der Waals surface area contributed by atoms with Crippen molar-refractivity contribution >= 4 is 21.0 Å². The van der Waals surface area contributed by atoms with E-state index in [4.69, 9.17) is 0 Å². The highest BCUT2D eigenvalue weighted by molar-refractivity contribution is 8.04. The minimum atomic E-state index is -2.72. The Balaban J connectivity index is 3.45. The standard InChI is InChI=1S/C6ClF5O2S/c7-15(13)14-6-4(11)2(9)1(8)3(10)5(6)12. The zero-order chi connectivity index (χ0) is 11.7. The van der Waals surface area contributed by atoms with E-state index in [-0.39, 0.29) is 0 Å². The van der Waals surface area contributed by atoms with Crippen molar-refractivity contribution in [2.24, 2.45) is 0 Å². The van der Waals surface area contributed by atoms with E-state index >= 15 is 0 Å². The first-order valence-corrected chi connectivity index (χ1v) is 5.04. The Morgan fingerprint density at radius 2 is 1.20 bits per heavy atom. The van der Waals surface area contributed by atoms with Crippen molar-refractivity contribution in [1.29, 1.82) is 0 Å². The molecule has 9 heteroatoms. The highest BCUT2D eigenvalue weighted by atomic mass is 35.7. The molecule has 15 heavy (non-hydrogen) atoms. The topological polar surface area (TPSA) is 26.3 Å². The molecule has 0 aliphatic rings. The highest BCUT2D eigenvalue weighted by Gasteiger charge is 2.28. The van der Waals surface area contributed by atoms with E-state index in [9.17, 15) is 26.2 Å². The molecule has 84 valence electrons. The smallest absolute Gasteiger partial charge is 0.309 e. The molecule has 0 heterocycles. The van der Waals surface area contributed by atoms with Crippen LogP contribution < -0.4 is 4.18 Å². The molecule has 0 N–H and O–H groups in total. The summed E-state index contributed by atoms with van der Waals surface area (Å²) >= 11 is 0. The third kappa shape index (κ3) is 2.20. The average Bonchev–Trinajstić information content (AvgIpc) is 2.18. The second-order valence-electron chi connectivity index (χ2n) is 2.18. The number of hydrogen-bond donors (Lipinski definition) is 0. The lowest BCUT2D eigenvalue weighted by atomic mass is 10.3. The van der Waals surface area contributed by atoms with Crippen LogP contribution in [-0.4, -0.2) is 4.21 Å². The molecule has 0 saturated heterocycles. The van der Waals surface area contributed by atoms with Gasteiger partial charge in [-0.25, -0.2) is 13.2 Å². The number of hydrogen-bond acceptors (Lipinski definition) is 2. The third-order valence-electron chi connectivity index (χ3n) is 1.32. The van der Waals surface area contributed by atoms with Gasteiger partial charge in [-0.15, -0.1) is 0 Å². The molecule has 0 spiro atoms. The number of benzene rings is 1. The van der Waals surface area contributed by atoms with Crippen LogP contribution in [0.5, 0.6) is 5.75 Å². The van der Waals surface area contributed by atoms with Crippen molar-refractivity contribution in [2.45, 2.75) is 0 Å². The molecule has 1 atom stereocenters. The summed E-state index contributed by atoms with van der Waals surface area (Å²) < 4.78 is 76.8. The molecule has 0 aromatic heterocycles. The first-order valence-electron chi connectivity index (χ1n) is 3.14. The molecule has 1 rings (SSSR count). The summed E-state index contributed by atoms with van der Waals surface area (Å²) in [5.41, 5.74) is 0. The fourth-order valence-corrected chi connectivity index (χ4v) is 1.19. The molecule has 1 unspecified atom stereocenters. The molecule has 0 radical (unpaired) electrons. The monoisotopic (exact) mass is 266 g/mol. The minimum absolute atomic E-state index is 1.68. The van der Waals surface area contributed by atoms with Gasteiger partial charge in [-0.3, -0.25) is 0 Å². The summed E-state index contributed by atoms with van der Waals surface area (Å²) in [5.74, 6) is -12.9. The number of halogens is 6. The van der Waals surface area contributed by atoms with Gasteiger partial charge >= 0.3 is 10.3 Å². The van der Waals surface area contributed by atoms with Gasteiger partial charge in [-0.2, -0.15) is 13.0 Å². The SMILES string of the molecule is O=S(Cl)Oc1c(F)c(F)c(F)c(F)c1F. The summed E-state index contributed by atoms with van der Waals surface area (Å²) in [4.78, 5) is 0. The van der Waals surface area contributed by atoms with Crippen LogP contribution in [0.25, 0.3) is 0 Å². The molecular weight excluding hydrogens is 267 g/mol. The Morgan fingerprint density at radius 3 is 1.53 bits per heavy atom. The minimum Gasteiger partial charge on any atom is -0.382 e. The quantitative estimate of drug-likeness (QED) is 0.356. The fourth-order valence-electron chi connectivity index (χ4n) is 0.723. The van der Waals surface area contributed by atoms with E-state index in [0.29, 0.717) is 0 Å². The van der Waals surface area contributed by atoms with Crippen LogP contribution in [0.15, 0.2) is 0 Å². The van der Waals surface area contributed by atoms with Gasteiger partial charge in [-0.1, -0.05) is 0 Å². The second-order valence-corrected chi connectivity index (χ2v) is 3.49. The lowest BCUT2D eigenvalue weighted by Crippen LogP contribution is -2.06. The Kier molecular flexibility index (Phi) is 3.50. The predicted octanol–water partition coefficient (Wildman–Crippen LogP) is 2.58. The maximum atomic E-state index is 12.7. The van der Waals surface area contributed by atoms with Gasteiger partial charge in [0.25, 0.3) is 0 Å². The lowest BCUT2D eigenvalue weighted by molar-refractivity contribution is 0.353. The van der Waals surface area contributed by atoms with Gasteiger partial charge in [0.2, 0.25) is 34.8 Å². The largest absolute Gasteiger partial charge is 0.382 e. The molecule has 0 fully saturated rings. The van der Waals surface area contributed by atoms with Crippen LogP contribution in [0, 0.1) is 29.1 Å². The van der Waals surface area contributed by atoms with Crippen molar-refractivity contribution in [3.8, 4) is 5.75 Å². The molecule has 0 aliphatic carbocycles. The summed E-state index contributed by atoms with van der Waals surface area (Å²) in [6.07, 6.45) is 0. The van der Waals surface area contributed by atoms with E-state index in [1.54, 1.807) is 0 Å². The molecule has 0 aliphatic heterocycles. The highest BCUT2D eigenvalue weighted by Crippen LogP contribution is 2.29. The maximum Gasteiger partial charge on any atom is 0.309 e. The molecule has 0 bridgehead atoms. The van der Waals surface area contributed by atoms with Gasteiger partial charge in [-0.05, 0) is 0 Å². The fraction of sp³-hybridized carbons (Fsp3) is 0. The zero-order valence-electron chi connectivity index (χ0n) is 6.49. The molecule has 2 nitrogen and oxygen atoms in total. The van der Waals surface area contributed by atoms with E-state index < -0.39 is 45.1 Å². The Hall–Kier alpha value is -0.890. The molecule has 1 aromatic rings. The molecule has 1 aromatic carbocycles. The molecular formula is C6ClF5O2S. The van der Waals surface area contributed by atoms with Crippen LogP contribution in [0.2, 0.25) is 0 Å². The molecule has 0 amide bonds. The summed E-state index contributed by atoms with van der Waals surface area (Å²) in [7, 11) is 1.95. The summed E-state index contributed by atoms with van der Waals surface area (Å²) in [6.45, 7) is 0. The van der Waals surface area contributed by atoms with Crippen LogP contribution in [0.4, 0.5) is 22.0 Å². The normalized spacial score (nSPS) is 12.7. The van der Waals surface area contributed by atoms with Crippen LogP contribution in [0.1, 0.15) is 0 Å². The number of rotatable bonds is 2. The van der Waals surface area contributed by atoms with Gasteiger partial charge in [0, 0.05) is 10.7 Å². The Morgan fingerprint density at radius 1 is 0.867 bits per heavy atom. The van der Waals surface area contributed by atoms with Crippen LogP contribution >= 0.6 is 10.7 Å². The predicted molar refractivity (Wildman–Crippen MR) is 40.9 cm³/mol. The van der Waals surface area contributed by atoms with E-state index in [0.717, 1.165) is 0 Å². The van der Waals surface area contributed by atoms with Crippen LogP contribution in [0.3, 0.4) is 0 Å². The second kappa shape index (κ2) is 4.31. The molecule has 0 saturated carbocycles. The van der Waals surface area contributed by atoms with Crippen molar-refractivity contribution in [1.82, 2.24) is 0 Å². The van der Waals surface area contributed by atoms with Gasteiger partial charge in [0.1, 0.15) is 0 Å². The van der Waals surface area contributed by atoms with Crippen molar-refractivity contribution in [3.63, 3.8) is 0 Å². The first kappa shape index (κ1) is 12.2. The maximum absolute atomic E-state index is 12.7.